The van der Waals surface area contributed by atoms with Gasteiger partial charge in [0.05, 0.1) is 25.4 Å². The normalized spacial score (nSPS) is 12.7. The minimum Gasteiger partial charge on any atom is -0.466 e. The first-order valence-electron chi connectivity index (χ1n) is 25.9. The number of nitrogens with one attached hydrogen (secondary N) is 1. The van der Waals surface area contributed by atoms with E-state index in [0.717, 1.165) is 44.9 Å². The van der Waals surface area contributed by atoms with Crippen molar-refractivity contribution in [1.29, 1.82) is 0 Å². The Bertz CT molecular complexity index is 863. The molecule has 0 saturated heterocycles. The summed E-state index contributed by atoms with van der Waals surface area (Å²) >= 11 is 0. The molecule has 6 nitrogen and oxygen atoms in total. The summed E-state index contributed by atoms with van der Waals surface area (Å²) in [7, 11) is 0. The monoisotopic (exact) mass is 820 g/mol. The number of unbranched alkanes of at least 4 members (excludes halogenated alkanes) is 35. The predicted molar refractivity (Wildman–Crippen MR) is 250 cm³/mol. The van der Waals surface area contributed by atoms with Crippen LogP contribution in [0.1, 0.15) is 284 Å². The van der Waals surface area contributed by atoms with Crippen LogP contribution in [0.5, 0.6) is 0 Å². The number of aliphatic hydroxyl groups is 2. The summed E-state index contributed by atoms with van der Waals surface area (Å²) in [6.07, 6.45) is 54.7. The summed E-state index contributed by atoms with van der Waals surface area (Å²) in [5, 5.41) is 23.2. The zero-order valence-corrected chi connectivity index (χ0v) is 39.0. The first-order valence-corrected chi connectivity index (χ1v) is 25.9. The molecule has 0 radical (unpaired) electrons. The first-order chi connectivity index (χ1) is 28.5. The van der Waals surface area contributed by atoms with Gasteiger partial charge in [0, 0.05) is 12.8 Å². The second-order valence-corrected chi connectivity index (χ2v) is 17.9. The van der Waals surface area contributed by atoms with Gasteiger partial charge in [-0.3, -0.25) is 9.59 Å². The quantitative estimate of drug-likeness (QED) is 0.0323. The molecule has 0 aliphatic heterocycles. The standard InChI is InChI=1S/C52H101NO5/c1-3-5-7-9-11-13-15-24-28-32-36-40-44-50(55)49(48-54)53-51(56)45-41-37-33-29-25-22-20-18-17-19-21-23-27-31-35-39-43-47-58-52(57)46-42-38-34-30-26-16-14-12-10-8-6-4-2/h12,14,49-50,54-55H,3-11,13,15-48H2,1-2H3,(H,53,56)/b14-12-. The average molecular weight is 820 g/mol. The zero-order chi connectivity index (χ0) is 42.3. The molecule has 0 aliphatic carbocycles. The van der Waals surface area contributed by atoms with Crippen molar-refractivity contribution in [2.75, 3.05) is 13.2 Å². The number of hydrogen-bond donors (Lipinski definition) is 3. The van der Waals surface area contributed by atoms with E-state index in [-0.39, 0.29) is 18.5 Å². The molecule has 344 valence electrons. The minimum atomic E-state index is -0.666. The average Bonchev–Trinajstić information content (AvgIpc) is 3.22. The number of carbonyl (C=O) groups excluding carboxylic acids is 2. The Morgan fingerprint density at radius 1 is 0.466 bits per heavy atom. The second-order valence-electron chi connectivity index (χ2n) is 17.9. The Hall–Kier alpha value is -1.40. The van der Waals surface area contributed by atoms with Crippen molar-refractivity contribution in [1.82, 2.24) is 5.32 Å². The van der Waals surface area contributed by atoms with Gasteiger partial charge < -0.3 is 20.3 Å². The fraction of sp³-hybridized carbons (Fsp3) is 0.923. The third-order valence-corrected chi connectivity index (χ3v) is 12.1. The lowest BCUT2D eigenvalue weighted by atomic mass is 10.0. The van der Waals surface area contributed by atoms with Gasteiger partial charge in [-0.25, -0.2) is 0 Å². The van der Waals surface area contributed by atoms with Crippen LogP contribution in [0, 0.1) is 0 Å². The van der Waals surface area contributed by atoms with Crippen LogP contribution >= 0.6 is 0 Å². The second kappa shape index (κ2) is 48.3. The first kappa shape index (κ1) is 56.6. The van der Waals surface area contributed by atoms with Crippen LogP contribution in [0.2, 0.25) is 0 Å². The van der Waals surface area contributed by atoms with E-state index in [1.165, 1.54) is 205 Å². The Morgan fingerprint density at radius 3 is 1.26 bits per heavy atom. The van der Waals surface area contributed by atoms with E-state index in [4.69, 9.17) is 4.74 Å². The number of allylic oxidation sites excluding steroid dienone is 2. The maximum absolute atomic E-state index is 12.4. The number of amides is 1. The molecule has 0 saturated carbocycles. The lowest BCUT2D eigenvalue weighted by molar-refractivity contribution is -0.143. The Morgan fingerprint density at radius 2 is 0.810 bits per heavy atom. The van der Waals surface area contributed by atoms with Gasteiger partial charge in [0.15, 0.2) is 0 Å². The third-order valence-electron chi connectivity index (χ3n) is 12.1. The molecule has 0 aromatic carbocycles. The molecule has 58 heavy (non-hydrogen) atoms. The largest absolute Gasteiger partial charge is 0.466 e. The Kier molecular flexibility index (Phi) is 47.1. The zero-order valence-electron chi connectivity index (χ0n) is 39.0. The Balaban J connectivity index is 3.41. The third kappa shape index (κ3) is 44.2. The number of carbonyl (C=O) groups is 2. The number of hydrogen-bond acceptors (Lipinski definition) is 5. The lowest BCUT2D eigenvalue weighted by Crippen LogP contribution is -2.45. The SMILES string of the molecule is CCCCC/C=C\CCCCCCCC(=O)OCCCCCCCCCCCCCCCCCCCC(=O)NC(CO)C(O)CCCCCCCCCCCCCC. The number of aliphatic hydroxyl groups excluding tert-OH is 2. The van der Waals surface area contributed by atoms with Gasteiger partial charge in [-0.1, -0.05) is 231 Å². The van der Waals surface area contributed by atoms with Gasteiger partial charge in [0.1, 0.15) is 0 Å². The molecule has 3 N–H and O–H groups in total. The molecule has 6 heteroatoms. The van der Waals surface area contributed by atoms with Crippen molar-refractivity contribution in [2.24, 2.45) is 0 Å². The summed E-state index contributed by atoms with van der Waals surface area (Å²) in [6, 6.07) is -0.543. The summed E-state index contributed by atoms with van der Waals surface area (Å²) in [5.41, 5.74) is 0. The minimum absolute atomic E-state index is 0.00470. The molecule has 0 rings (SSSR count). The van der Waals surface area contributed by atoms with Crippen LogP contribution in [0.3, 0.4) is 0 Å². The van der Waals surface area contributed by atoms with Crippen molar-refractivity contribution < 1.29 is 24.5 Å². The van der Waals surface area contributed by atoms with Crippen molar-refractivity contribution >= 4 is 11.9 Å². The van der Waals surface area contributed by atoms with E-state index in [1.54, 1.807) is 0 Å². The van der Waals surface area contributed by atoms with Crippen LogP contribution in [0.4, 0.5) is 0 Å². The van der Waals surface area contributed by atoms with Crippen molar-refractivity contribution in [3.63, 3.8) is 0 Å². The van der Waals surface area contributed by atoms with E-state index in [9.17, 15) is 19.8 Å². The van der Waals surface area contributed by atoms with Crippen LogP contribution in [-0.2, 0) is 14.3 Å². The van der Waals surface area contributed by atoms with E-state index >= 15 is 0 Å². The maximum atomic E-state index is 12.4. The van der Waals surface area contributed by atoms with Crippen molar-refractivity contribution in [3.05, 3.63) is 12.2 Å². The summed E-state index contributed by atoms with van der Waals surface area (Å²) in [4.78, 5) is 24.4. The van der Waals surface area contributed by atoms with E-state index < -0.39 is 12.1 Å². The smallest absolute Gasteiger partial charge is 0.305 e. The van der Waals surface area contributed by atoms with Gasteiger partial charge in [0.25, 0.3) is 0 Å². The molecule has 0 heterocycles. The molecule has 0 aromatic heterocycles. The molecule has 1 amide bonds. The fourth-order valence-electron chi connectivity index (χ4n) is 8.05. The molecular formula is C52H101NO5. The topological polar surface area (TPSA) is 95.9 Å². The molecule has 0 aliphatic rings. The van der Waals surface area contributed by atoms with Gasteiger partial charge in [-0.2, -0.15) is 0 Å². The summed E-state index contributed by atoms with van der Waals surface area (Å²) in [5.74, 6) is -0.0452. The number of esters is 1. The fourth-order valence-corrected chi connectivity index (χ4v) is 8.05. The van der Waals surface area contributed by atoms with Gasteiger partial charge in [-0.15, -0.1) is 0 Å². The van der Waals surface area contributed by atoms with Crippen molar-refractivity contribution in [2.45, 2.75) is 296 Å². The molecule has 0 spiro atoms. The van der Waals surface area contributed by atoms with Crippen molar-refractivity contribution in [3.8, 4) is 0 Å². The highest BCUT2D eigenvalue weighted by Crippen LogP contribution is 2.17. The van der Waals surface area contributed by atoms with Gasteiger partial charge >= 0.3 is 5.97 Å². The van der Waals surface area contributed by atoms with Crippen LogP contribution in [-0.4, -0.2) is 47.4 Å². The molecule has 0 fully saturated rings. The van der Waals surface area contributed by atoms with E-state index in [2.05, 4.69) is 31.3 Å². The van der Waals surface area contributed by atoms with Crippen LogP contribution in [0.25, 0.3) is 0 Å². The van der Waals surface area contributed by atoms with Gasteiger partial charge in [0.2, 0.25) is 5.91 Å². The summed E-state index contributed by atoms with van der Waals surface area (Å²) in [6.45, 7) is 4.91. The maximum Gasteiger partial charge on any atom is 0.305 e. The highest BCUT2D eigenvalue weighted by molar-refractivity contribution is 5.76. The van der Waals surface area contributed by atoms with Crippen LogP contribution < -0.4 is 5.32 Å². The van der Waals surface area contributed by atoms with Gasteiger partial charge in [-0.05, 0) is 51.4 Å². The predicted octanol–water partition coefficient (Wildman–Crippen LogP) is 15.3. The molecular weight excluding hydrogens is 719 g/mol. The number of rotatable bonds is 48. The van der Waals surface area contributed by atoms with E-state index in [1.807, 2.05) is 0 Å². The molecule has 0 bridgehead atoms. The lowest BCUT2D eigenvalue weighted by Gasteiger charge is -2.22. The number of ether oxygens (including phenoxy) is 1. The Labute approximate surface area is 361 Å². The molecule has 2 unspecified atom stereocenters. The highest BCUT2D eigenvalue weighted by Gasteiger charge is 2.20. The summed E-state index contributed by atoms with van der Waals surface area (Å²) < 4.78 is 5.45. The highest BCUT2D eigenvalue weighted by atomic mass is 16.5. The molecule has 2 atom stereocenters. The van der Waals surface area contributed by atoms with Crippen LogP contribution in [0.15, 0.2) is 12.2 Å². The van der Waals surface area contributed by atoms with E-state index in [0.29, 0.717) is 25.9 Å². The molecule has 0 aromatic rings.